The Balaban J connectivity index is 1.51. The summed E-state index contributed by atoms with van der Waals surface area (Å²) in [5.41, 5.74) is 5.57. The number of amides is 3. The van der Waals surface area contributed by atoms with E-state index in [1.165, 1.54) is 6.21 Å². The van der Waals surface area contributed by atoms with Gasteiger partial charge in [-0.1, -0.05) is 53.5 Å². The zero-order chi connectivity index (χ0) is 25.4. The van der Waals surface area contributed by atoms with Gasteiger partial charge in [0.2, 0.25) is 0 Å². The zero-order valence-corrected chi connectivity index (χ0v) is 20.4. The predicted molar refractivity (Wildman–Crippen MR) is 137 cm³/mol. The van der Waals surface area contributed by atoms with E-state index >= 15 is 0 Å². The molecule has 0 atom stereocenters. The maximum atomic E-state index is 12.2. The summed E-state index contributed by atoms with van der Waals surface area (Å²) < 4.78 is 5.50. The number of carbonyl (C=O) groups excluding carboxylic acids is 3. The van der Waals surface area contributed by atoms with Crippen LogP contribution in [0.25, 0.3) is 0 Å². The molecule has 10 heteroatoms. The van der Waals surface area contributed by atoms with Crippen molar-refractivity contribution in [3.05, 3.63) is 87.4 Å². The van der Waals surface area contributed by atoms with Gasteiger partial charge in [0.15, 0.2) is 6.61 Å². The highest BCUT2D eigenvalue weighted by Crippen LogP contribution is 2.29. The molecule has 0 aliphatic rings. The first kappa shape index (κ1) is 25.7. The Hall–Kier alpha value is -3.88. The lowest BCUT2D eigenvalue weighted by atomic mass is 10.1. The molecule has 0 aliphatic carbocycles. The van der Waals surface area contributed by atoms with E-state index < -0.39 is 17.7 Å². The van der Waals surface area contributed by atoms with Crippen molar-refractivity contribution in [3.63, 3.8) is 0 Å². The van der Waals surface area contributed by atoms with Crippen LogP contribution in [0.15, 0.2) is 65.8 Å². The quantitative estimate of drug-likeness (QED) is 0.241. The smallest absolute Gasteiger partial charge is 0.329 e. The Labute approximate surface area is 212 Å². The highest BCUT2D eigenvalue weighted by molar-refractivity contribution is 6.44. The van der Waals surface area contributed by atoms with E-state index in [4.69, 9.17) is 27.9 Å². The molecule has 0 saturated carbocycles. The third kappa shape index (κ3) is 7.30. The van der Waals surface area contributed by atoms with Crippen LogP contribution in [0, 0.1) is 13.8 Å². The third-order valence-electron chi connectivity index (χ3n) is 4.89. The van der Waals surface area contributed by atoms with E-state index in [-0.39, 0.29) is 11.6 Å². The fourth-order valence-corrected chi connectivity index (χ4v) is 3.25. The molecule has 0 fully saturated rings. The van der Waals surface area contributed by atoms with Gasteiger partial charge in [-0.3, -0.25) is 14.4 Å². The molecule has 0 aliphatic heterocycles. The van der Waals surface area contributed by atoms with Crippen LogP contribution < -0.4 is 20.8 Å². The van der Waals surface area contributed by atoms with Gasteiger partial charge in [0.05, 0.1) is 21.9 Å². The molecule has 3 rings (SSSR count). The first-order valence-corrected chi connectivity index (χ1v) is 11.2. The van der Waals surface area contributed by atoms with Crippen LogP contribution in [0.3, 0.4) is 0 Å². The van der Waals surface area contributed by atoms with E-state index in [1.54, 1.807) is 54.6 Å². The number of carbonyl (C=O) groups is 3. The molecule has 180 valence electrons. The number of anilines is 2. The van der Waals surface area contributed by atoms with Crippen LogP contribution in [0.5, 0.6) is 5.75 Å². The van der Waals surface area contributed by atoms with Crippen LogP contribution in [0.2, 0.25) is 10.0 Å². The van der Waals surface area contributed by atoms with Gasteiger partial charge < -0.3 is 15.4 Å². The van der Waals surface area contributed by atoms with Gasteiger partial charge in [0, 0.05) is 5.69 Å². The molecule has 3 aromatic rings. The van der Waals surface area contributed by atoms with E-state index in [1.807, 2.05) is 19.9 Å². The van der Waals surface area contributed by atoms with Gasteiger partial charge in [-0.2, -0.15) is 5.10 Å². The van der Waals surface area contributed by atoms with Crippen LogP contribution >= 0.6 is 23.2 Å². The monoisotopic (exact) mass is 512 g/mol. The molecule has 0 aromatic heterocycles. The van der Waals surface area contributed by atoms with Crippen molar-refractivity contribution >= 4 is 58.5 Å². The Morgan fingerprint density at radius 2 is 1.63 bits per heavy atom. The lowest BCUT2D eigenvalue weighted by Crippen LogP contribution is -2.32. The van der Waals surface area contributed by atoms with Crippen molar-refractivity contribution in [1.82, 2.24) is 5.43 Å². The lowest BCUT2D eigenvalue weighted by Gasteiger charge is -2.10. The van der Waals surface area contributed by atoms with Gasteiger partial charge in [0.25, 0.3) is 5.91 Å². The van der Waals surface area contributed by atoms with Crippen molar-refractivity contribution in [2.45, 2.75) is 13.8 Å². The molecule has 3 aromatic carbocycles. The Morgan fingerprint density at radius 1 is 0.914 bits per heavy atom. The summed E-state index contributed by atoms with van der Waals surface area (Å²) in [5, 5.41) is 9.56. The van der Waals surface area contributed by atoms with Crippen molar-refractivity contribution in [2.75, 3.05) is 17.2 Å². The van der Waals surface area contributed by atoms with E-state index in [0.29, 0.717) is 27.7 Å². The number of ether oxygens (including phenoxy) is 1. The minimum Gasteiger partial charge on any atom is -0.484 e. The lowest BCUT2D eigenvalue weighted by molar-refractivity contribution is -0.136. The Kier molecular flexibility index (Phi) is 8.83. The SMILES string of the molecule is Cc1cccc(NC(=O)C(=O)NN=Cc2cccc(OCC(=O)Nc3cccc(Cl)c3Cl)c2)c1C. The highest BCUT2D eigenvalue weighted by Gasteiger charge is 2.14. The van der Waals surface area contributed by atoms with Crippen molar-refractivity contribution in [1.29, 1.82) is 0 Å². The second-order valence-electron chi connectivity index (χ2n) is 7.41. The first-order chi connectivity index (χ1) is 16.7. The molecule has 35 heavy (non-hydrogen) atoms. The number of halogens is 2. The summed E-state index contributed by atoms with van der Waals surface area (Å²) in [7, 11) is 0. The molecular formula is C25H22Cl2N4O4. The van der Waals surface area contributed by atoms with Gasteiger partial charge in [-0.15, -0.1) is 0 Å². The summed E-state index contributed by atoms with van der Waals surface area (Å²) >= 11 is 12.0. The summed E-state index contributed by atoms with van der Waals surface area (Å²) in [5.74, 6) is -1.76. The van der Waals surface area contributed by atoms with Gasteiger partial charge in [-0.25, -0.2) is 5.43 Å². The van der Waals surface area contributed by atoms with Crippen LogP contribution in [0.4, 0.5) is 11.4 Å². The average molecular weight is 513 g/mol. The second kappa shape index (κ2) is 12.0. The Bertz CT molecular complexity index is 1290. The summed E-state index contributed by atoms with van der Waals surface area (Å²) in [6.07, 6.45) is 1.35. The average Bonchev–Trinajstić information content (AvgIpc) is 2.84. The molecule has 0 saturated heterocycles. The molecule has 0 radical (unpaired) electrons. The molecule has 0 spiro atoms. The molecule has 0 unspecified atom stereocenters. The number of nitrogens with zero attached hydrogens (tertiary/aromatic N) is 1. The molecule has 3 N–H and O–H groups in total. The van der Waals surface area contributed by atoms with Crippen LogP contribution in [-0.2, 0) is 14.4 Å². The number of hydrogen-bond acceptors (Lipinski definition) is 5. The maximum absolute atomic E-state index is 12.2. The number of hydrazone groups is 1. The fourth-order valence-electron chi connectivity index (χ4n) is 2.90. The van der Waals surface area contributed by atoms with Gasteiger partial charge >= 0.3 is 11.8 Å². The van der Waals surface area contributed by atoms with E-state index in [2.05, 4.69) is 21.2 Å². The van der Waals surface area contributed by atoms with Gasteiger partial charge in [0.1, 0.15) is 5.75 Å². The number of benzene rings is 3. The molecular weight excluding hydrogens is 491 g/mol. The summed E-state index contributed by atoms with van der Waals surface area (Å²) in [4.78, 5) is 36.3. The summed E-state index contributed by atoms with van der Waals surface area (Å²) in [6.45, 7) is 3.50. The number of nitrogens with one attached hydrogen (secondary N) is 3. The Morgan fingerprint density at radius 3 is 2.43 bits per heavy atom. The number of hydrogen-bond donors (Lipinski definition) is 3. The standard InChI is InChI=1S/C25H22Cl2N4O4/c1-15-6-3-10-20(16(15)2)30-24(33)25(34)31-28-13-17-7-4-8-18(12-17)35-14-22(32)29-21-11-5-9-19(26)23(21)27/h3-13H,14H2,1-2H3,(H,29,32)(H,30,33)(H,31,34). The summed E-state index contributed by atoms with van der Waals surface area (Å²) in [6, 6.07) is 17.0. The topological polar surface area (TPSA) is 109 Å². The largest absolute Gasteiger partial charge is 0.484 e. The molecule has 3 amide bonds. The molecule has 0 heterocycles. The third-order valence-corrected chi connectivity index (χ3v) is 5.71. The molecule has 0 bridgehead atoms. The highest BCUT2D eigenvalue weighted by atomic mass is 35.5. The normalized spacial score (nSPS) is 10.6. The zero-order valence-electron chi connectivity index (χ0n) is 18.9. The van der Waals surface area contributed by atoms with Gasteiger partial charge in [-0.05, 0) is 60.9 Å². The van der Waals surface area contributed by atoms with Crippen molar-refractivity contribution < 1.29 is 19.1 Å². The first-order valence-electron chi connectivity index (χ1n) is 10.4. The maximum Gasteiger partial charge on any atom is 0.329 e. The van der Waals surface area contributed by atoms with E-state index in [9.17, 15) is 14.4 Å². The van der Waals surface area contributed by atoms with Crippen LogP contribution in [-0.4, -0.2) is 30.5 Å². The van der Waals surface area contributed by atoms with Crippen molar-refractivity contribution in [2.24, 2.45) is 5.10 Å². The minimum absolute atomic E-state index is 0.241. The minimum atomic E-state index is -0.911. The number of rotatable bonds is 7. The predicted octanol–water partition coefficient (Wildman–Crippen LogP) is 4.72. The number of aryl methyl sites for hydroxylation is 1. The second-order valence-corrected chi connectivity index (χ2v) is 8.20. The molecule has 8 nitrogen and oxygen atoms in total. The fraction of sp³-hybridized carbons (Fsp3) is 0.120. The van der Waals surface area contributed by atoms with Crippen LogP contribution in [0.1, 0.15) is 16.7 Å². The van der Waals surface area contributed by atoms with Crippen molar-refractivity contribution in [3.8, 4) is 5.75 Å². The van der Waals surface area contributed by atoms with E-state index in [0.717, 1.165) is 11.1 Å².